The first-order chi connectivity index (χ1) is 11.7. The van der Waals surface area contributed by atoms with Gasteiger partial charge in [0, 0.05) is 55.5 Å². The standard InChI is InChI=1S/C14H30S10/c15-1-5-21-11(9-19)13(23-7-3-17)14(24-8-4-18)12(10-20)22-6-2-16/h11-20H,1-10H2. The Morgan fingerprint density at radius 3 is 1.00 bits per heavy atom. The van der Waals surface area contributed by atoms with Gasteiger partial charge in [-0.2, -0.15) is 123 Å². The molecule has 0 saturated heterocycles. The van der Waals surface area contributed by atoms with Gasteiger partial charge in [-0.25, -0.2) is 0 Å². The first kappa shape index (κ1) is 27.5. The Bertz CT molecular complexity index is 242. The molecule has 4 atom stereocenters. The van der Waals surface area contributed by atoms with Gasteiger partial charge in [0.05, 0.1) is 0 Å². The first-order valence-corrected chi connectivity index (χ1v) is 15.8. The predicted molar refractivity (Wildman–Crippen MR) is 148 cm³/mol. The Balaban J connectivity index is 5.24. The predicted octanol–water partition coefficient (Wildman–Crippen LogP) is 4.97. The van der Waals surface area contributed by atoms with Crippen LogP contribution in [0.4, 0.5) is 0 Å². The van der Waals surface area contributed by atoms with E-state index in [4.69, 9.17) is 0 Å². The van der Waals surface area contributed by atoms with E-state index in [-0.39, 0.29) is 0 Å². The van der Waals surface area contributed by atoms with E-state index in [2.05, 4.69) is 99.3 Å². The minimum Gasteiger partial charge on any atom is -0.179 e. The molecule has 0 amide bonds. The lowest BCUT2D eigenvalue weighted by molar-refractivity contribution is 0.771. The number of thioether (sulfide) groups is 4. The Morgan fingerprint density at radius 2 is 0.750 bits per heavy atom. The van der Waals surface area contributed by atoms with Crippen LogP contribution < -0.4 is 0 Å². The third-order valence-electron chi connectivity index (χ3n) is 3.07. The third-order valence-corrected chi connectivity index (χ3v) is 12.5. The van der Waals surface area contributed by atoms with Gasteiger partial charge in [0.25, 0.3) is 0 Å². The second-order valence-electron chi connectivity index (χ2n) is 4.75. The molecule has 0 bridgehead atoms. The minimum absolute atomic E-state index is 0.529. The van der Waals surface area contributed by atoms with E-state index in [1.807, 2.05) is 23.5 Å². The van der Waals surface area contributed by atoms with Crippen LogP contribution >= 0.6 is 123 Å². The smallest absolute Gasteiger partial charge is 0.0304 e. The van der Waals surface area contributed by atoms with Crippen LogP contribution in [0.5, 0.6) is 0 Å². The number of hydrogen-bond acceptors (Lipinski definition) is 10. The van der Waals surface area contributed by atoms with E-state index >= 15 is 0 Å². The van der Waals surface area contributed by atoms with Crippen LogP contribution in [-0.2, 0) is 0 Å². The van der Waals surface area contributed by atoms with Crippen molar-refractivity contribution in [3.63, 3.8) is 0 Å². The van der Waals surface area contributed by atoms with Gasteiger partial charge in [0.15, 0.2) is 0 Å². The van der Waals surface area contributed by atoms with Gasteiger partial charge in [-0.15, -0.1) is 0 Å². The van der Waals surface area contributed by atoms with Crippen molar-refractivity contribution in [2.75, 3.05) is 57.5 Å². The summed E-state index contributed by atoms with van der Waals surface area (Å²) >= 11 is 35.1. The summed E-state index contributed by atoms with van der Waals surface area (Å²) in [7, 11) is 0. The fourth-order valence-corrected chi connectivity index (χ4v) is 10.2. The average Bonchev–Trinajstić information content (AvgIpc) is 2.61. The van der Waals surface area contributed by atoms with Gasteiger partial charge in [0.1, 0.15) is 0 Å². The molecule has 0 radical (unpaired) electrons. The summed E-state index contributed by atoms with van der Waals surface area (Å²) in [5.41, 5.74) is 0. The lowest BCUT2D eigenvalue weighted by Gasteiger charge is -2.36. The number of thiol groups is 6. The molecule has 24 heavy (non-hydrogen) atoms. The summed E-state index contributed by atoms with van der Waals surface area (Å²) in [5.74, 6) is 9.76. The van der Waals surface area contributed by atoms with E-state index in [9.17, 15) is 0 Å². The second kappa shape index (κ2) is 19.8. The van der Waals surface area contributed by atoms with Gasteiger partial charge in [-0.3, -0.25) is 0 Å². The molecular formula is C14H30S10. The highest BCUT2D eigenvalue weighted by atomic mass is 32.2. The van der Waals surface area contributed by atoms with Crippen molar-refractivity contribution < 1.29 is 0 Å². The van der Waals surface area contributed by atoms with Gasteiger partial charge in [0.2, 0.25) is 0 Å². The maximum absolute atomic E-state index is 4.66. The molecule has 0 aromatic rings. The normalized spacial score (nSPS) is 16.8. The van der Waals surface area contributed by atoms with Crippen molar-refractivity contribution >= 4 is 123 Å². The third kappa shape index (κ3) is 12.1. The molecular weight excluding hydrogens is 489 g/mol. The van der Waals surface area contributed by atoms with Crippen LogP contribution in [0, 0.1) is 0 Å². The molecule has 0 heterocycles. The largest absolute Gasteiger partial charge is 0.179 e. The van der Waals surface area contributed by atoms with Gasteiger partial charge >= 0.3 is 0 Å². The summed E-state index contributed by atoms with van der Waals surface area (Å²) < 4.78 is 0. The molecule has 0 aliphatic carbocycles. The molecule has 0 rings (SSSR count). The monoisotopic (exact) mass is 518 g/mol. The van der Waals surface area contributed by atoms with Gasteiger partial charge in [-0.05, 0) is 23.0 Å². The molecule has 0 saturated carbocycles. The Morgan fingerprint density at radius 1 is 0.458 bits per heavy atom. The minimum atomic E-state index is 0.529. The number of rotatable bonds is 17. The zero-order chi connectivity index (χ0) is 18.2. The lowest BCUT2D eigenvalue weighted by Crippen LogP contribution is -2.40. The number of hydrogen-bond donors (Lipinski definition) is 6. The molecule has 0 aromatic carbocycles. The van der Waals surface area contributed by atoms with E-state index < -0.39 is 0 Å². The Kier molecular flexibility index (Phi) is 22.7. The fraction of sp³-hybridized carbons (Fsp3) is 1.00. The molecule has 0 fully saturated rings. The summed E-state index contributed by atoms with van der Waals surface area (Å²) in [6.45, 7) is 0. The molecule has 0 spiro atoms. The maximum atomic E-state index is 4.66. The van der Waals surface area contributed by atoms with Crippen molar-refractivity contribution in [2.45, 2.75) is 21.0 Å². The lowest BCUT2D eigenvalue weighted by atomic mass is 10.2. The molecule has 0 aliphatic rings. The van der Waals surface area contributed by atoms with Crippen molar-refractivity contribution in [1.82, 2.24) is 0 Å². The molecule has 0 nitrogen and oxygen atoms in total. The summed E-state index contributed by atoms with van der Waals surface area (Å²) in [6.07, 6.45) is 0. The quantitative estimate of drug-likeness (QED) is 0.150. The van der Waals surface area contributed by atoms with Crippen LogP contribution in [0.15, 0.2) is 0 Å². The van der Waals surface area contributed by atoms with Crippen LogP contribution in [0.25, 0.3) is 0 Å². The summed E-state index contributed by atoms with van der Waals surface area (Å²) in [4.78, 5) is 0. The summed E-state index contributed by atoms with van der Waals surface area (Å²) in [5, 5.41) is 2.16. The molecule has 4 unspecified atom stereocenters. The fourth-order valence-electron chi connectivity index (χ4n) is 2.12. The van der Waals surface area contributed by atoms with Crippen molar-refractivity contribution in [1.29, 1.82) is 0 Å². The first-order valence-electron chi connectivity index (χ1n) is 7.81. The van der Waals surface area contributed by atoms with Crippen LogP contribution in [0.1, 0.15) is 0 Å². The Labute approximate surface area is 199 Å². The SMILES string of the molecule is SCCSC(CS)C(SCCS)C(SCCS)C(CS)SCCS. The zero-order valence-electron chi connectivity index (χ0n) is 13.7. The van der Waals surface area contributed by atoms with Crippen LogP contribution in [0.2, 0.25) is 0 Å². The van der Waals surface area contributed by atoms with Crippen LogP contribution in [0.3, 0.4) is 0 Å². The van der Waals surface area contributed by atoms with Crippen molar-refractivity contribution in [3.05, 3.63) is 0 Å². The van der Waals surface area contributed by atoms with E-state index in [0.717, 1.165) is 57.5 Å². The second-order valence-corrected chi connectivity index (χ2v) is 12.5. The van der Waals surface area contributed by atoms with Crippen molar-refractivity contribution in [2.24, 2.45) is 0 Å². The Hall–Kier alpha value is 3.50. The zero-order valence-corrected chi connectivity index (χ0v) is 22.3. The highest BCUT2D eigenvalue weighted by molar-refractivity contribution is 8.08. The van der Waals surface area contributed by atoms with Gasteiger partial charge in [-0.1, -0.05) is 0 Å². The van der Waals surface area contributed by atoms with Crippen LogP contribution in [-0.4, -0.2) is 78.5 Å². The molecule has 0 aliphatic heterocycles. The van der Waals surface area contributed by atoms with Gasteiger partial charge < -0.3 is 0 Å². The highest BCUT2D eigenvalue weighted by Crippen LogP contribution is 2.39. The summed E-state index contributed by atoms with van der Waals surface area (Å²) in [6, 6.07) is 0. The van der Waals surface area contributed by atoms with Crippen molar-refractivity contribution in [3.8, 4) is 0 Å². The molecule has 10 heteroatoms. The highest BCUT2D eigenvalue weighted by Gasteiger charge is 2.34. The van der Waals surface area contributed by atoms with E-state index in [1.54, 1.807) is 0 Å². The topological polar surface area (TPSA) is 0 Å². The maximum Gasteiger partial charge on any atom is 0.0304 e. The molecule has 0 N–H and O–H groups in total. The molecule has 146 valence electrons. The molecule has 0 aromatic heterocycles. The van der Waals surface area contributed by atoms with E-state index in [1.165, 1.54) is 0 Å². The van der Waals surface area contributed by atoms with E-state index in [0.29, 0.717) is 21.0 Å². The average molecular weight is 519 g/mol.